The summed E-state index contributed by atoms with van der Waals surface area (Å²) in [7, 11) is -3.62. The Morgan fingerprint density at radius 2 is 1.75 bits per heavy atom. The average Bonchev–Trinajstić information content (AvgIpc) is 2.14. The van der Waals surface area contributed by atoms with Gasteiger partial charge in [-0.1, -0.05) is 0 Å². The molecule has 0 bridgehead atoms. The van der Waals surface area contributed by atoms with Gasteiger partial charge in [-0.25, -0.2) is 8.42 Å². The summed E-state index contributed by atoms with van der Waals surface area (Å²) < 4.78 is 57.6. The Hall–Kier alpha value is -0.340. The molecule has 0 atom stereocenters. The molecule has 16 heavy (non-hydrogen) atoms. The van der Waals surface area contributed by atoms with Crippen LogP contribution >= 0.6 is 0 Å². The van der Waals surface area contributed by atoms with Crippen LogP contribution in [-0.4, -0.2) is 50.9 Å². The minimum atomic E-state index is -4.43. The van der Waals surface area contributed by atoms with Gasteiger partial charge < -0.3 is 10.4 Å². The predicted octanol–water partition coefficient (Wildman–Crippen LogP) is 0.326. The highest BCUT2D eigenvalue weighted by Gasteiger charge is 2.29. The monoisotopic (exact) mass is 263 g/mol. The largest absolute Gasteiger partial charge is 0.395 e. The van der Waals surface area contributed by atoms with Gasteiger partial charge in [-0.15, -0.1) is 0 Å². The number of halogens is 3. The van der Waals surface area contributed by atoms with Crippen LogP contribution < -0.4 is 5.32 Å². The van der Waals surface area contributed by atoms with E-state index in [-0.39, 0.29) is 18.8 Å². The number of hydrogen-bond acceptors (Lipinski definition) is 4. The lowest BCUT2D eigenvalue weighted by Gasteiger charge is -2.07. The van der Waals surface area contributed by atoms with Crippen molar-refractivity contribution < 1.29 is 26.7 Å². The lowest BCUT2D eigenvalue weighted by molar-refractivity contribution is -0.129. The van der Waals surface area contributed by atoms with E-state index in [1.165, 1.54) is 0 Å². The van der Waals surface area contributed by atoms with Gasteiger partial charge in [0, 0.05) is 6.54 Å². The first-order chi connectivity index (χ1) is 7.27. The summed E-state index contributed by atoms with van der Waals surface area (Å²) in [6.07, 6.45) is -5.47. The van der Waals surface area contributed by atoms with Crippen molar-refractivity contribution in [1.82, 2.24) is 5.32 Å². The van der Waals surface area contributed by atoms with Crippen molar-refractivity contribution in [3.05, 3.63) is 0 Å². The summed E-state index contributed by atoms with van der Waals surface area (Å²) >= 11 is 0. The van der Waals surface area contributed by atoms with Gasteiger partial charge in [0.2, 0.25) is 0 Å². The highest BCUT2D eigenvalue weighted by Crippen LogP contribution is 2.20. The van der Waals surface area contributed by atoms with Crippen molar-refractivity contribution in [3.8, 4) is 0 Å². The van der Waals surface area contributed by atoms with Crippen LogP contribution in [0.5, 0.6) is 0 Å². The van der Waals surface area contributed by atoms with Gasteiger partial charge in [0.05, 0.1) is 24.5 Å². The highest BCUT2D eigenvalue weighted by atomic mass is 32.2. The van der Waals surface area contributed by atoms with Crippen LogP contribution in [0.1, 0.15) is 12.8 Å². The first kappa shape index (κ1) is 15.7. The van der Waals surface area contributed by atoms with E-state index in [4.69, 9.17) is 5.11 Å². The zero-order valence-electron chi connectivity index (χ0n) is 8.76. The van der Waals surface area contributed by atoms with Crippen LogP contribution in [0, 0.1) is 0 Å². The Kier molecular flexibility index (Phi) is 6.93. The number of aliphatic hydroxyl groups is 1. The summed E-state index contributed by atoms with van der Waals surface area (Å²) in [6.45, 7) is 0.662. The first-order valence-corrected chi connectivity index (χ1v) is 6.68. The Morgan fingerprint density at radius 3 is 2.25 bits per heavy atom. The average molecular weight is 263 g/mol. The second-order valence-corrected chi connectivity index (χ2v) is 5.65. The first-order valence-electron chi connectivity index (χ1n) is 4.85. The van der Waals surface area contributed by atoms with Crippen LogP contribution in [0.25, 0.3) is 0 Å². The third-order valence-electron chi connectivity index (χ3n) is 1.79. The fraction of sp³-hybridized carbons (Fsp3) is 1.00. The molecule has 0 aliphatic rings. The summed E-state index contributed by atoms with van der Waals surface area (Å²) in [5.41, 5.74) is 0. The van der Waals surface area contributed by atoms with Gasteiger partial charge in [0.1, 0.15) is 0 Å². The van der Waals surface area contributed by atoms with Crippen LogP contribution in [-0.2, 0) is 9.84 Å². The van der Waals surface area contributed by atoms with E-state index in [1.54, 1.807) is 0 Å². The van der Waals surface area contributed by atoms with Crippen molar-refractivity contribution in [1.29, 1.82) is 0 Å². The van der Waals surface area contributed by atoms with E-state index in [0.29, 0.717) is 13.1 Å². The third-order valence-corrected chi connectivity index (χ3v) is 3.53. The number of aliphatic hydroxyl groups excluding tert-OH is 1. The SMILES string of the molecule is O=S(=O)(CCCNCCO)CCC(F)(F)F. The molecule has 0 aromatic heterocycles. The molecule has 0 fully saturated rings. The smallest absolute Gasteiger partial charge is 0.390 e. The Balaban J connectivity index is 3.71. The number of hydrogen-bond donors (Lipinski definition) is 2. The van der Waals surface area contributed by atoms with E-state index < -0.39 is 28.2 Å². The molecule has 0 unspecified atom stereocenters. The van der Waals surface area contributed by atoms with Crippen molar-refractivity contribution in [2.75, 3.05) is 31.2 Å². The van der Waals surface area contributed by atoms with Crippen LogP contribution in [0.15, 0.2) is 0 Å². The lowest BCUT2D eigenvalue weighted by Crippen LogP contribution is -2.23. The second-order valence-electron chi connectivity index (χ2n) is 3.34. The maximum absolute atomic E-state index is 11.8. The fourth-order valence-electron chi connectivity index (χ4n) is 0.994. The van der Waals surface area contributed by atoms with Gasteiger partial charge in [-0.05, 0) is 13.0 Å². The van der Waals surface area contributed by atoms with E-state index in [0.717, 1.165) is 0 Å². The van der Waals surface area contributed by atoms with Crippen molar-refractivity contribution in [2.45, 2.75) is 19.0 Å². The summed E-state index contributed by atoms with van der Waals surface area (Å²) in [6, 6.07) is 0. The zero-order chi connectivity index (χ0) is 12.7. The summed E-state index contributed by atoms with van der Waals surface area (Å²) in [4.78, 5) is 0. The maximum atomic E-state index is 11.8. The minimum Gasteiger partial charge on any atom is -0.395 e. The molecule has 0 heterocycles. The quantitative estimate of drug-likeness (QED) is 0.619. The molecule has 98 valence electrons. The molecule has 0 aromatic rings. The summed E-state index contributed by atoms with van der Waals surface area (Å²) in [5, 5.41) is 11.1. The molecule has 0 spiro atoms. The van der Waals surface area contributed by atoms with Crippen LogP contribution in [0.3, 0.4) is 0 Å². The van der Waals surface area contributed by atoms with Crippen LogP contribution in [0.4, 0.5) is 13.2 Å². The van der Waals surface area contributed by atoms with E-state index in [1.807, 2.05) is 0 Å². The molecule has 8 heteroatoms. The van der Waals surface area contributed by atoms with E-state index >= 15 is 0 Å². The normalized spacial score (nSPS) is 13.0. The molecule has 0 amide bonds. The highest BCUT2D eigenvalue weighted by molar-refractivity contribution is 7.91. The van der Waals surface area contributed by atoms with Crippen LogP contribution in [0.2, 0.25) is 0 Å². The standard InChI is InChI=1S/C8H16F3NO3S/c9-8(10,11)2-7-16(14,15)6-1-3-12-4-5-13/h12-13H,1-7H2. The van der Waals surface area contributed by atoms with Gasteiger partial charge >= 0.3 is 6.18 Å². The minimum absolute atomic E-state index is 0.0547. The van der Waals surface area contributed by atoms with Crippen molar-refractivity contribution in [3.63, 3.8) is 0 Å². The molecule has 0 radical (unpaired) electrons. The van der Waals surface area contributed by atoms with Crippen molar-refractivity contribution >= 4 is 9.84 Å². The topological polar surface area (TPSA) is 66.4 Å². The second kappa shape index (κ2) is 7.08. The van der Waals surface area contributed by atoms with Gasteiger partial charge in [0.25, 0.3) is 0 Å². The van der Waals surface area contributed by atoms with E-state index in [9.17, 15) is 21.6 Å². The zero-order valence-corrected chi connectivity index (χ0v) is 9.57. The summed E-state index contributed by atoms with van der Waals surface area (Å²) in [5.74, 6) is -1.11. The Morgan fingerprint density at radius 1 is 1.12 bits per heavy atom. The maximum Gasteiger partial charge on any atom is 0.390 e. The molecule has 0 saturated heterocycles. The molecule has 0 rings (SSSR count). The van der Waals surface area contributed by atoms with Crippen molar-refractivity contribution in [2.24, 2.45) is 0 Å². The molecule has 0 aromatic carbocycles. The Bertz CT molecular complexity index is 277. The molecular weight excluding hydrogens is 247 g/mol. The molecule has 0 saturated carbocycles. The third kappa shape index (κ3) is 10.2. The van der Waals surface area contributed by atoms with Gasteiger partial charge in [-0.3, -0.25) is 0 Å². The molecule has 0 aliphatic heterocycles. The number of sulfone groups is 1. The number of alkyl halides is 3. The van der Waals surface area contributed by atoms with E-state index in [2.05, 4.69) is 5.32 Å². The lowest BCUT2D eigenvalue weighted by atomic mass is 10.5. The van der Waals surface area contributed by atoms with Gasteiger partial charge in [0.15, 0.2) is 9.84 Å². The number of nitrogens with one attached hydrogen (secondary N) is 1. The Labute approximate surface area is 92.8 Å². The van der Waals surface area contributed by atoms with Gasteiger partial charge in [-0.2, -0.15) is 13.2 Å². The number of rotatable bonds is 8. The fourth-order valence-corrected chi connectivity index (χ4v) is 2.33. The molecule has 4 nitrogen and oxygen atoms in total. The molecule has 2 N–H and O–H groups in total. The molecule has 0 aliphatic carbocycles. The molecular formula is C8H16F3NO3S. The predicted molar refractivity (Wildman–Crippen MR) is 53.9 cm³/mol.